The lowest BCUT2D eigenvalue weighted by atomic mass is 9.94. The van der Waals surface area contributed by atoms with Gasteiger partial charge in [0.05, 0.1) is 6.10 Å². The Kier molecular flexibility index (Phi) is 3.76. The zero-order chi connectivity index (χ0) is 12.3. The molecule has 2 atom stereocenters. The summed E-state index contributed by atoms with van der Waals surface area (Å²) in [6.07, 6.45) is 0.439. The molecule has 1 aromatic carbocycles. The molecule has 1 amide bonds. The van der Waals surface area contributed by atoms with E-state index in [0.717, 1.165) is 18.5 Å². The molecule has 0 aliphatic carbocycles. The summed E-state index contributed by atoms with van der Waals surface area (Å²) in [5, 5.41) is 15.1. The molecule has 0 aromatic heterocycles. The van der Waals surface area contributed by atoms with E-state index in [1.807, 2.05) is 18.2 Å². The number of hydrogen-bond acceptors (Lipinski definition) is 3. The zero-order valence-corrected chi connectivity index (χ0v) is 9.94. The smallest absolute Gasteiger partial charge is 0.241 e. The summed E-state index contributed by atoms with van der Waals surface area (Å²) in [5.41, 5.74) is 2.27. The van der Waals surface area contributed by atoms with Crippen molar-refractivity contribution in [3.8, 4) is 0 Å². The Bertz CT molecular complexity index is 404. The summed E-state index contributed by atoms with van der Waals surface area (Å²) in [7, 11) is 0. The van der Waals surface area contributed by atoms with Crippen LogP contribution in [0.2, 0.25) is 0 Å². The monoisotopic (exact) mass is 234 g/mol. The minimum atomic E-state index is -0.516. The maximum atomic E-state index is 12.0. The number of carbonyl (C=O) groups excluding carboxylic acids is 1. The molecular weight excluding hydrogens is 216 g/mol. The van der Waals surface area contributed by atoms with Crippen LogP contribution in [-0.2, 0) is 11.2 Å². The summed E-state index contributed by atoms with van der Waals surface area (Å²) in [4.78, 5) is 12.0. The van der Waals surface area contributed by atoms with E-state index in [1.165, 1.54) is 5.56 Å². The molecule has 0 saturated carbocycles. The van der Waals surface area contributed by atoms with Crippen molar-refractivity contribution in [2.45, 2.75) is 25.5 Å². The number of hydrogen-bond donors (Lipinski definition) is 3. The van der Waals surface area contributed by atoms with Crippen molar-refractivity contribution >= 4 is 5.91 Å². The van der Waals surface area contributed by atoms with Crippen LogP contribution in [0.1, 0.15) is 24.1 Å². The molecule has 2 rings (SSSR count). The highest BCUT2D eigenvalue weighted by molar-refractivity contribution is 5.83. The van der Waals surface area contributed by atoms with Gasteiger partial charge in [-0.25, -0.2) is 0 Å². The first kappa shape index (κ1) is 12.1. The maximum Gasteiger partial charge on any atom is 0.241 e. The largest absolute Gasteiger partial charge is 0.392 e. The standard InChI is InChI=1S/C13H18N2O2/c1-9(16)8-15-13(17)12-11-5-3-2-4-10(11)6-7-14-12/h2-5,9,12,14,16H,6-8H2,1H3,(H,15,17)/t9-,12?/m0/s1. The molecule has 0 saturated heterocycles. The topological polar surface area (TPSA) is 61.4 Å². The van der Waals surface area contributed by atoms with E-state index in [1.54, 1.807) is 6.92 Å². The quantitative estimate of drug-likeness (QED) is 0.708. The highest BCUT2D eigenvalue weighted by Gasteiger charge is 2.25. The van der Waals surface area contributed by atoms with Gasteiger partial charge in [-0.15, -0.1) is 0 Å². The SMILES string of the molecule is C[C@H](O)CNC(=O)C1NCCc2ccccc21. The number of carbonyl (C=O) groups is 1. The molecule has 1 aliphatic heterocycles. The first-order valence-electron chi connectivity index (χ1n) is 5.95. The Labute approximate surface area is 101 Å². The first-order valence-corrected chi connectivity index (χ1v) is 5.95. The van der Waals surface area contributed by atoms with Crippen molar-refractivity contribution in [1.82, 2.24) is 10.6 Å². The fraction of sp³-hybridized carbons (Fsp3) is 0.462. The van der Waals surface area contributed by atoms with E-state index in [0.29, 0.717) is 6.54 Å². The van der Waals surface area contributed by atoms with Crippen LogP contribution >= 0.6 is 0 Å². The van der Waals surface area contributed by atoms with Gasteiger partial charge in [-0.05, 0) is 24.5 Å². The molecule has 17 heavy (non-hydrogen) atoms. The van der Waals surface area contributed by atoms with E-state index in [-0.39, 0.29) is 11.9 Å². The van der Waals surface area contributed by atoms with Crippen LogP contribution in [0.4, 0.5) is 0 Å². The summed E-state index contributed by atoms with van der Waals surface area (Å²) < 4.78 is 0. The highest BCUT2D eigenvalue weighted by Crippen LogP contribution is 2.22. The average Bonchev–Trinajstić information content (AvgIpc) is 2.35. The van der Waals surface area contributed by atoms with Gasteiger partial charge in [0.2, 0.25) is 5.91 Å². The molecule has 1 heterocycles. The van der Waals surface area contributed by atoms with Crippen LogP contribution in [0.15, 0.2) is 24.3 Å². The molecule has 1 unspecified atom stereocenters. The third kappa shape index (κ3) is 2.84. The lowest BCUT2D eigenvalue weighted by molar-refractivity contribution is -0.123. The van der Waals surface area contributed by atoms with Crippen molar-refractivity contribution < 1.29 is 9.90 Å². The molecule has 0 spiro atoms. The fourth-order valence-corrected chi connectivity index (χ4v) is 2.09. The molecule has 4 nitrogen and oxygen atoms in total. The molecule has 0 bridgehead atoms. The second kappa shape index (κ2) is 5.29. The van der Waals surface area contributed by atoms with Crippen LogP contribution in [0.25, 0.3) is 0 Å². The number of fused-ring (bicyclic) bond motifs is 1. The first-order chi connectivity index (χ1) is 8.18. The summed E-state index contributed by atoms with van der Waals surface area (Å²) in [5.74, 6) is -0.0712. The van der Waals surface area contributed by atoms with Crippen LogP contribution in [-0.4, -0.2) is 30.2 Å². The minimum Gasteiger partial charge on any atom is -0.392 e. The van der Waals surface area contributed by atoms with Gasteiger partial charge in [0.25, 0.3) is 0 Å². The van der Waals surface area contributed by atoms with Gasteiger partial charge in [-0.3, -0.25) is 4.79 Å². The number of nitrogens with one attached hydrogen (secondary N) is 2. The molecule has 3 N–H and O–H groups in total. The van der Waals surface area contributed by atoms with Crippen LogP contribution < -0.4 is 10.6 Å². The van der Waals surface area contributed by atoms with Crippen molar-refractivity contribution in [2.75, 3.05) is 13.1 Å². The van der Waals surface area contributed by atoms with Crippen molar-refractivity contribution in [3.63, 3.8) is 0 Å². The van der Waals surface area contributed by atoms with E-state index in [4.69, 9.17) is 5.11 Å². The van der Waals surface area contributed by atoms with Gasteiger partial charge >= 0.3 is 0 Å². The molecule has 0 radical (unpaired) electrons. The Morgan fingerprint density at radius 3 is 3.12 bits per heavy atom. The second-order valence-electron chi connectivity index (χ2n) is 4.43. The lowest BCUT2D eigenvalue weighted by Gasteiger charge is -2.26. The third-order valence-corrected chi connectivity index (χ3v) is 2.94. The highest BCUT2D eigenvalue weighted by atomic mass is 16.3. The second-order valence-corrected chi connectivity index (χ2v) is 4.43. The lowest BCUT2D eigenvalue weighted by Crippen LogP contribution is -2.43. The number of aliphatic hydroxyl groups is 1. The Morgan fingerprint density at radius 2 is 2.35 bits per heavy atom. The molecule has 4 heteroatoms. The fourth-order valence-electron chi connectivity index (χ4n) is 2.09. The van der Waals surface area contributed by atoms with Crippen molar-refractivity contribution in [3.05, 3.63) is 35.4 Å². The van der Waals surface area contributed by atoms with E-state index >= 15 is 0 Å². The van der Waals surface area contributed by atoms with Crippen LogP contribution in [0.5, 0.6) is 0 Å². The van der Waals surface area contributed by atoms with Crippen molar-refractivity contribution in [2.24, 2.45) is 0 Å². The minimum absolute atomic E-state index is 0.0712. The number of aliphatic hydroxyl groups excluding tert-OH is 1. The van der Waals surface area contributed by atoms with Gasteiger partial charge in [-0.2, -0.15) is 0 Å². The Balaban J connectivity index is 2.10. The van der Waals surface area contributed by atoms with Crippen LogP contribution in [0, 0.1) is 0 Å². The predicted molar refractivity (Wildman–Crippen MR) is 65.6 cm³/mol. The Morgan fingerprint density at radius 1 is 1.59 bits per heavy atom. The normalized spacial score (nSPS) is 20.5. The molecule has 92 valence electrons. The van der Waals surface area contributed by atoms with Gasteiger partial charge in [0.1, 0.15) is 6.04 Å². The molecular formula is C13H18N2O2. The van der Waals surface area contributed by atoms with Gasteiger partial charge in [-0.1, -0.05) is 24.3 Å². The van der Waals surface area contributed by atoms with Gasteiger partial charge in [0.15, 0.2) is 0 Å². The van der Waals surface area contributed by atoms with E-state index < -0.39 is 6.10 Å². The zero-order valence-electron chi connectivity index (χ0n) is 9.94. The maximum absolute atomic E-state index is 12.0. The average molecular weight is 234 g/mol. The van der Waals surface area contributed by atoms with Crippen LogP contribution in [0.3, 0.4) is 0 Å². The van der Waals surface area contributed by atoms with Gasteiger partial charge in [0, 0.05) is 13.1 Å². The summed E-state index contributed by atoms with van der Waals surface area (Å²) in [6.45, 7) is 2.76. The Hall–Kier alpha value is -1.39. The third-order valence-electron chi connectivity index (χ3n) is 2.94. The molecule has 1 aromatic rings. The number of amides is 1. The number of rotatable bonds is 3. The summed E-state index contributed by atoms with van der Waals surface area (Å²) in [6, 6.07) is 7.69. The summed E-state index contributed by atoms with van der Waals surface area (Å²) >= 11 is 0. The van der Waals surface area contributed by atoms with Gasteiger partial charge < -0.3 is 15.7 Å². The number of benzene rings is 1. The molecule has 0 fully saturated rings. The predicted octanol–water partition coefficient (Wildman–Crippen LogP) is 0.370. The van der Waals surface area contributed by atoms with Crippen molar-refractivity contribution in [1.29, 1.82) is 0 Å². The van der Waals surface area contributed by atoms with E-state index in [2.05, 4.69) is 16.7 Å². The molecule has 1 aliphatic rings. The van der Waals surface area contributed by atoms with E-state index in [9.17, 15) is 4.79 Å².